The van der Waals surface area contributed by atoms with Crippen LogP contribution < -0.4 is 9.47 Å². The molecule has 1 saturated heterocycles. The molecule has 174 valence electrons. The zero-order valence-electron chi connectivity index (χ0n) is 18.5. The number of halogens is 1. The van der Waals surface area contributed by atoms with Crippen molar-refractivity contribution in [2.24, 2.45) is 0 Å². The molecular weight excluding hydrogens is 464 g/mol. The molecule has 0 N–H and O–H groups in total. The van der Waals surface area contributed by atoms with Gasteiger partial charge in [-0.25, -0.2) is 0 Å². The third-order valence-corrected chi connectivity index (χ3v) is 6.35. The number of thiophene rings is 1. The molecule has 1 aromatic carbocycles. The van der Waals surface area contributed by atoms with Gasteiger partial charge in [-0.3, -0.25) is 9.69 Å². The Balaban J connectivity index is 1.31. The number of aromatic nitrogens is 2. The van der Waals surface area contributed by atoms with Crippen LogP contribution in [0.5, 0.6) is 11.5 Å². The molecule has 3 heterocycles. The number of amides is 1. The number of ether oxygens (including phenoxy) is 2. The van der Waals surface area contributed by atoms with Crippen molar-refractivity contribution in [2.75, 3.05) is 39.9 Å². The zero-order chi connectivity index (χ0) is 23.2. The van der Waals surface area contributed by atoms with E-state index in [4.69, 9.17) is 25.6 Å². The Hall–Kier alpha value is -2.88. The fraction of sp³-hybridized carbons (Fsp3) is 0.348. The molecule has 0 saturated carbocycles. The fourth-order valence-electron chi connectivity index (χ4n) is 3.56. The van der Waals surface area contributed by atoms with Crippen LogP contribution in [0.2, 0.25) is 5.02 Å². The van der Waals surface area contributed by atoms with Gasteiger partial charge >= 0.3 is 0 Å². The average Bonchev–Trinajstić information content (AvgIpc) is 3.50. The number of hydrogen-bond donors (Lipinski definition) is 0. The highest BCUT2D eigenvalue weighted by molar-refractivity contribution is 7.13. The molecule has 4 rings (SSSR count). The lowest BCUT2D eigenvalue weighted by Crippen LogP contribution is -2.47. The van der Waals surface area contributed by atoms with Crippen LogP contribution in [-0.2, 0) is 11.3 Å². The molecule has 1 fully saturated rings. The summed E-state index contributed by atoms with van der Waals surface area (Å²) in [7, 11) is 1.55. The summed E-state index contributed by atoms with van der Waals surface area (Å²) in [5, 5.41) is 6.47. The molecule has 0 bridgehead atoms. The number of hydrogen-bond acceptors (Lipinski definition) is 8. The van der Waals surface area contributed by atoms with Crippen molar-refractivity contribution < 1.29 is 18.8 Å². The summed E-state index contributed by atoms with van der Waals surface area (Å²) in [4.78, 5) is 22.2. The topological polar surface area (TPSA) is 80.9 Å². The van der Waals surface area contributed by atoms with Gasteiger partial charge in [0.2, 0.25) is 17.6 Å². The van der Waals surface area contributed by atoms with Gasteiger partial charge < -0.3 is 18.9 Å². The highest BCUT2D eigenvalue weighted by Crippen LogP contribution is 2.36. The van der Waals surface area contributed by atoms with Gasteiger partial charge in [0.15, 0.2) is 11.5 Å². The molecule has 8 nitrogen and oxygen atoms in total. The average molecular weight is 489 g/mol. The summed E-state index contributed by atoms with van der Waals surface area (Å²) in [6.07, 6.45) is 3.31. The van der Waals surface area contributed by atoms with E-state index < -0.39 is 0 Å². The van der Waals surface area contributed by atoms with Gasteiger partial charge in [-0.15, -0.1) is 11.3 Å². The molecule has 0 unspecified atom stereocenters. The molecule has 0 atom stereocenters. The number of rotatable bonds is 8. The predicted octanol–water partition coefficient (Wildman–Crippen LogP) is 4.22. The summed E-state index contributed by atoms with van der Waals surface area (Å²) in [5.74, 6) is 2.19. The molecule has 0 aliphatic carbocycles. The van der Waals surface area contributed by atoms with Crippen molar-refractivity contribution in [3.63, 3.8) is 0 Å². The molecule has 1 aliphatic rings. The number of benzene rings is 1. The SMILES string of the molecule is CCOc1cc(/C=C/C(=O)N2CCN(Cc3nc(-c4cccs4)no3)CC2)cc(Cl)c1OC. The first-order valence-corrected chi connectivity index (χ1v) is 11.9. The van der Waals surface area contributed by atoms with E-state index in [9.17, 15) is 4.79 Å². The van der Waals surface area contributed by atoms with Crippen molar-refractivity contribution in [1.29, 1.82) is 0 Å². The first kappa shape index (κ1) is 23.3. The first-order valence-electron chi connectivity index (χ1n) is 10.6. The van der Waals surface area contributed by atoms with Gasteiger partial charge in [0, 0.05) is 32.3 Å². The van der Waals surface area contributed by atoms with Crippen molar-refractivity contribution in [1.82, 2.24) is 19.9 Å². The van der Waals surface area contributed by atoms with Crippen molar-refractivity contribution in [3.8, 4) is 22.2 Å². The van der Waals surface area contributed by atoms with Gasteiger partial charge in [0.25, 0.3) is 0 Å². The monoisotopic (exact) mass is 488 g/mol. The lowest BCUT2D eigenvalue weighted by molar-refractivity contribution is -0.127. The number of nitrogens with zero attached hydrogens (tertiary/aromatic N) is 4. The minimum Gasteiger partial charge on any atom is -0.491 e. The van der Waals surface area contributed by atoms with Crippen LogP contribution in [0.15, 0.2) is 40.2 Å². The van der Waals surface area contributed by atoms with E-state index in [-0.39, 0.29) is 5.91 Å². The van der Waals surface area contributed by atoms with Crippen LogP contribution in [-0.4, -0.2) is 65.7 Å². The smallest absolute Gasteiger partial charge is 0.246 e. The molecule has 10 heteroatoms. The van der Waals surface area contributed by atoms with E-state index in [1.54, 1.807) is 36.7 Å². The van der Waals surface area contributed by atoms with Gasteiger partial charge in [0.1, 0.15) is 0 Å². The third kappa shape index (κ3) is 5.73. The van der Waals surface area contributed by atoms with E-state index in [1.807, 2.05) is 35.4 Å². The van der Waals surface area contributed by atoms with Crippen molar-refractivity contribution >= 4 is 34.9 Å². The molecular formula is C23H25ClN4O4S. The maximum atomic E-state index is 12.7. The van der Waals surface area contributed by atoms with Crippen LogP contribution in [0, 0.1) is 0 Å². The largest absolute Gasteiger partial charge is 0.491 e. The van der Waals surface area contributed by atoms with Crippen molar-refractivity contribution in [2.45, 2.75) is 13.5 Å². The predicted molar refractivity (Wildman–Crippen MR) is 128 cm³/mol. The van der Waals surface area contributed by atoms with Gasteiger partial charge in [0.05, 0.1) is 30.2 Å². The lowest BCUT2D eigenvalue weighted by Gasteiger charge is -2.33. The van der Waals surface area contributed by atoms with Crippen LogP contribution in [0.4, 0.5) is 0 Å². The summed E-state index contributed by atoms with van der Waals surface area (Å²) in [5.41, 5.74) is 0.772. The highest BCUT2D eigenvalue weighted by Gasteiger charge is 2.22. The Morgan fingerprint density at radius 1 is 1.30 bits per heavy atom. The summed E-state index contributed by atoms with van der Waals surface area (Å²) < 4.78 is 16.3. The van der Waals surface area contributed by atoms with Gasteiger partial charge in [-0.1, -0.05) is 22.8 Å². The molecule has 1 aliphatic heterocycles. The minimum atomic E-state index is -0.0441. The third-order valence-electron chi connectivity index (χ3n) is 5.21. The number of methoxy groups -OCH3 is 1. The van der Waals surface area contributed by atoms with Crippen LogP contribution in [0.1, 0.15) is 18.4 Å². The Morgan fingerprint density at radius 2 is 2.12 bits per heavy atom. The molecule has 2 aromatic heterocycles. The number of piperazine rings is 1. The Morgan fingerprint density at radius 3 is 2.82 bits per heavy atom. The highest BCUT2D eigenvalue weighted by atomic mass is 35.5. The van der Waals surface area contributed by atoms with E-state index in [0.717, 1.165) is 23.5 Å². The molecule has 0 radical (unpaired) electrons. The van der Waals surface area contributed by atoms with E-state index >= 15 is 0 Å². The maximum absolute atomic E-state index is 12.7. The number of carbonyl (C=O) groups is 1. The quantitative estimate of drug-likeness (QED) is 0.439. The summed E-state index contributed by atoms with van der Waals surface area (Å²) >= 11 is 7.87. The summed E-state index contributed by atoms with van der Waals surface area (Å²) in [6.45, 7) is 5.67. The van der Waals surface area contributed by atoms with E-state index in [1.165, 1.54) is 0 Å². The van der Waals surface area contributed by atoms with Gasteiger partial charge in [-0.05, 0) is 42.1 Å². The summed E-state index contributed by atoms with van der Waals surface area (Å²) in [6, 6.07) is 7.49. The normalized spacial score (nSPS) is 14.7. The van der Waals surface area contributed by atoms with E-state index in [2.05, 4.69) is 15.0 Å². The zero-order valence-corrected chi connectivity index (χ0v) is 20.1. The molecule has 1 amide bonds. The van der Waals surface area contributed by atoms with Gasteiger partial charge in [-0.2, -0.15) is 4.98 Å². The second-order valence-corrected chi connectivity index (χ2v) is 8.75. The Kier molecular flexibility index (Phi) is 7.64. The number of carbonyl (C=O) groups excluding carboxylic acids is 1. The second-order valence-electron chi connectivity index (χ2n) is 7.39. The Labute approximate surface area is 201 Å². The first-order chi connectivity index (χ1) is 16.1. The van der Waals surface area contributed by atoms with Crippen LogP contribution in [0.25, 0.3) is 16.8 Å². The molecule has 3 aromatic rings. The lowest BCUT2D eigenvalue weighted by atomic mass is 10.1. The second kappa shape index (κ2) is 10.8. The van der Waals surface area contributed by atoms with Crippen molar-refractivity contribution in [3.05, 3.63) is 52.2 Å². The fourth-order valence-corrected chi connectivity index (χ4v) is 4.51. The van der Waals surface area contributed by atoms with E-state index in [0.29, 0.717) is 54.5 Å². The standard InChI is InChI=1S/C23H25ClN4O4S/c1-3-31-18-14-16(13-17(24)22(18)30-2)6-7-21(29)28-10-8-27(9-11-28)15-20-25-23(26-32-20)19-5-4-12-33-19/h4-7,12-14H,3,8-11,15H2,1-2H3/b7-6+. The molecule has 33 heavy (non-hydrogen) atoms. The Bertz CT molecular complexity index is 1110. The maximum Gasteiger partial charge on any atom is 0.246 e. The molecule has 0 spiro atoms. The van der Waals surface area contributed by atoms with Crippen LogP contribution >= 0.6 is 22.9 Å². The van der Waals surface area contributed by atoms with Crippen LogP contribution in [0.3, 0.4) is 0 Å². The minimum absolute atomic E-state index is 0.0441.